The maximum atomic E-state index is 9.58. The molecule has 5 nitrogen and oxygen atoms in total. The molecule has 1 unspecified atom stereocenters. The normalized spacial score (nSPS) is 15.5. The van der Waals surface area contributed by atoms with Gasteiger partial charge in [0.05, 0.1) is 6.10 Å². The van der Waals surface area contributed by atoms with Crippen molar-refractivity contribution in [3.8, 4) is 12.3 Å². The fourth-order valence-corrected chi connectivity index (χ4v) is 3.47. The topological polar surface area (TPSA) is 65.6 Å². The Kier molecular flexibility index (Phi) is 7.79. The van der Waals surface area contributed by atoms with E-state index in [0.717, 1.165) is 36.6 Å². The summed E-state index contributed by atoms with van der Waals surface area (Å²) in [4.78, 5) is 7.63. The van der Waals surface area contributed by atoms with Crippen LogP contribution < -0.4 is 10.6 Å². The van der Waals surface area contributed by atoms with Crippen molar-refractivity contribution in [1.82, 2.24) is 9.29 Å². The van der Waals surface area contributed by atoms with Gasteiger partial charge in [-0.15, -0.1) is 12.3 Å². The average Bonchev–Trinajstić information content (AvgIpc) is 2.65. The number of nitrogens with two attached hydrogens (primary N) is 1. The van der Waals surface area contributed by atoms with E-state index in [1.54, 1.807) is 25.8 Å². The second kappa shape index (κ2) is 10.1. The van der Waals surface area contributed by atoms with Crippen LogP contribution in [0.4, 0.5) is 11.5 Å². The molecule has 0 radical (unpaired) electrons. The van der Waals surface area contributed by atoms with E-state index in [1.165, 1.54) is 5.69 Å². The van der Waals surface area contributed by atoms with Gasteiger partial charge in [0.25, 0.3) is 0 Å². The number of aliphatic hydroxyl groups excluding tert-OH is 1. The van der Waals surface area contributed by atoms with Crippen LogP contribution >= 0.6 is 11.9 Å². The van der Waals surface area contributed by atoms with Crippen molar-refractivity contribution in [3.63, 3.8) is 0 Å². The van der Waals surface area contributed by atoms with E-state index < -0.39 is 6.10 Å². The maximum absolute atomic E-state index is 9.58. The smallest absolute Gasteiger partial charge is 0.123 e. The summed E-state index contributed by atoms with van der Waals surface area (Å²) in [5, 5.41) is 9.58. The first-order chi connectivity index (χ1) is 12.5. The molecule has 26 heavy (non-hydrogen) atoms. The number of nitrogen functional groups attached to an aromatic ring is 1. The van der Waals surface area contributed by atoms with Gasteiger partial charge in [0.2, 0.25) is 0 Å². The molecule has 0 saturated carbocycles. The number of hydrogen-bond acceptors (Lipinski definition) is 6. The molecule has 0 spiro atoms. The molecule has 6 heteroatoms. The lowest BCUT2D eigenvalue weighted by molar-refractivity contribution is 0.199. The van der Waals surface area contributed by atoms with E-state index in [-0.39, 0.29) is 0 Å². The zero-order valence-corrected chi connectivity index (χ0v) is 16.1. The molecule has 1 atom stereocenters. The summed E-state index contributed by atoms with van der Waals surface area (Å²) in [5.41, 5.74) is 7.79. The highest BCUT2D eigenvalue weighted by Gasteiger charge is 2.18. The van der Waals surface area contributed by atoms with E-state index in [2.05, 4.69) is 38.7 Å². The molecule has 2 aromatic rings. The molecule has 3 N–H and O–H groups in total. The summed E-state index contributed by atoms with van der Waals surface area (Å²) < 4.78 is 2.36. The Morgan fingerprint density at radius 2 is 1.77 bits per heavy atom. The van der Waals surface area contributed by atoms with Crippen LogP contribution in [0, 0.1) is 12.3 Å². The molecule has 0 bridgehead atoms. The van der Waals surface area contributed by atoms with Crippen molar-refractivity contribution < 1.29 is 5.11 Å². The fraction of sp³-hybridized carbons (Fsp3) is 0.350. The molecule has 1 aliphatic heterocycles. The molecule has 1 saturated heterocycles. The van der Waals surface area contributed by atoms with Crippen molar-refractivity contribution >= 4 is 23.5 Å². The third-order valence-electron chi connectivity index (χ3n) is 3.97. The van der Waals surface area contributed by atoms with Gasteiger partial charge in [0.1, 0.15) is 5.82 Å². The summed E-state index contributed by atoms with van der Waals surface area (Å²) in [6, 6.07) is 12.0. The lowest BCUT2D eigenvalue weighted by atomic mass is 10.1. The maximum Gasteiger partial charge on any atom is 0.123 e. The molecule has 0 amide bonds. The van der Waals surface area contributed by atoms with E-state index in [4.69, 9.17) is 5.73 Å². The second-order valence-corrected chi connectivity index (χ2v) is 7.15. The molecular weight excluding hydrogens is 344 g/mol. The number of anilines is 2. The van der Waals surface area contributed by atoms with E-state index in [9.17, 15) is 5.11 Å². The largest absolute Gasteiger partial charge is 0.389 e. The molecule has 2 heterocycles. The summed E-state index contributed by atoms with van der Waals surface area (Å²) in [5.74, 6) is 2.81. The minimum Gasteiger partial charge on any atom is -0.389 e. The van der Waals surface area contributed by atoms with Crippen LogP contribution in [0.15, 0.2) is 47.5 Å². The monoisotopic (exact) mass is 370 g/mol. The molecule has 1 fully saturated rings. The number of benzene rings is 1. The highest BCUT2D eigenvalue weighted by atomic mass is 32.2. The quantitative estimate of drug-likeness (QED) is 0.636. The van der Waals surface area contributed by atoms with Crippen LogP contribution in [-0.4, -0.2) is 40.6 Å². The Balaban J connectivity index is 0.000000758. The fourth-order valence-electron chi connectivity index (χ4n) is 2.60. The molecule has 1 aromatic carbocycles. The Morgan fingerprint density at radius 3 is 2.27 bits per heavy atom. The number of piperazine rings is 1. The summed E-state index contributed by atoms with van der Waals surface area (Å²) in [6.45, 7) is 7.41. The van der Waals surface area contributed by atoms with Gasteiger partial charge >= 0.3 is 0 Å². The number of rotatable bonds is 4. The van der Waals surface area contributed by atoms with Gasteiger partial charge in [-0.3, -0.25) is 0 Å². The number of terminal acetylenes is 1. The van der Waals surface area contributed by atoms with Crippen LogP contribution in [0.2, 0.25) is 0 Å². The zero-order chi connectivity index (χ0) is 18.9. The molecule has 0 aliphatic carbocycles. The number of hydrogen-bond donors (Lipinski definition) is 2. The van der Waals surface area contributed by atoms with Gasteiger partial charge in [-0.2, -0.15) is 0 Å². The third kappa shape index (κ3) is 5.95. The SMILES string of the molecule is C#CC.CC(O)c1ccc(N2CCN(Sc3ccc(N)nc3)CC2)cc1. The highest BCUT2D eigenvalue weighted by molar-refractivity contribution is 7.97. The average molecular weight is 371 g/mol. The van der Waals surface area contributed by atoms with Crippen LogP contribution in [0.1, 0.15) is 25.5 Å². The first-order valence-corrected chi connectivity index (χ1v) is 9.35. The first-order valence-electron chi connectivity index (χ1n) is 8.58. The van der Waals surface area contributed by atoms with E-state index >= 15 is 0 Å². The van der Waals surface area contributed by atoms with E-state index in [1.807, 2.05) is 30.5 Å². The van der Waals surface area contributed by atoms with Gasteiger partial charge < -0.3 is 15.7 Å². The zero-order valence-electron chi connectivity index (χ0n) is 15.3. The first kappa shape index (κ1) is 20.1. The summed E-state index contributed by atoms with van der Waals surface area (Å²) in [7, 11) is 0. The van der Waals surface area contributed by atoms with Gasteiger partial charge in [-0.05, 0) is 55.6 Å². The van der Waals surface area contributed by atoms with Gasteiger partial charge in [-0.25, -0.2) is 9.29 Å². The van der Waals surface area contributed by atoms with Gasteiger partial charge in [0.15, 0.2) is 0 Å². The summed E-state index contributed by atoms with van der Waals surface area (Å²) >= 11 is 1.73. The summed E-state index contributed by atoms with van der Waals surface area (Å²) in [6.07, 6.45) is 6.01. The Hall–Kier alpha value is -2.20. The Labute approximate surface area is 160 Å². The predicted molar refractivity (Wildman–Crippen MR) is 110 cm³/mol. The Morgan fingerprint density at radius 1 is 1.15 bits per heavy atom. The Bertz CT molecular complexity index is 702. The predicted octanol–water partition coefficient (Wildman–Crippen LogP) is 3.19. The third-order valence-corrected chi connectivity index (χ3v) is 5.05. The van der Waals surface area contributed by atoms with Crippen LogP contribution in [0.3, 0.4) is 0 Å². The van der Waals surface area contributed by atoms with Crippen molar-refractivity contribution in [2.45, 2.75) is 24.8 Å². The second-order valence-electron chi connectivity index (χ2n) is 5.98. The van der Waals surface area contributed by atoms with Crippen molar-refractivity contribution in [3.05, 3.63) is 48.2 Å². The van der Waals surface area contributed by atoms with Crippen molar-refractivity contribution in [1.29, 1.82) is 0 Å². The van der Waals surface area contributed by atoms with Crippen LogP contribution in [0.5, 0.6) is 0 Å². The molecular formula is C20H26N4OS. The van der Waals surface area contributed by atoms with E-state index in [0.29, 0.717) is 5.82 Å². The molecule has 1 aliphatic rings. The lowest BCUT2D eigenvalue weighted by Gasteiger charge is -2.35. The van der Waals surface area contributed by atoms with Gasteiger partial charge in [-0.1, -0.05) is 12.1 Å². The van der Waals surface area contributed by atoms with Crippen molar-refractivity contribution in [2.24, 2.45) is 0 Å². The standard InChI is InChI=1S/C17H22N4OS.C3H4/c1-13(22)14-2-4-15(5-3-14)20-8-10-21(11-9-20)23-16-6-7-17(18)19-12-16;1-3-2/h2-7,12-13,22H,8-11H2,1H3,(H2,18,19);1H,2H3. The molecule has 1 aromatic heterocycles. The highest BCUT2D eigenvalue weighted by Crippen LogP contribution is 2.26. The van der Waals surface area contributed by atoms with Crippen LogP contribution in [-0.2, 0) is 0 Å². The molecule has 3 rings (SSSR count). The van der Waals surface area contributed by atoms with Crippen LogP contribution in [0.25, 0.3) is 0 Å². The van der Waals surface area contributed by atoms with Gasteiger partial charge in [0, 0.05) is 43.0 Å². The number of nitrogens with zero attached hydrogens (tertiary/aromatic N) is 3. The van der Waals surface area contributed by atoms with Crippen molar-refractivity contribution in [2.75, 3.05) is 36.8 Å². The number of aliphatic hydroxyl groups is 1. The minimum absolute atomic E-state index is 0.411. The number of pyridine rings is 1. The minimum atomic E-state index is -0.411. The molecule has 138 valence electrons. The lowest BCUT2D eigenvalue weighted by Crippen LogP contribution is -2.43. The number of aromatic nitrogens is 1.